The van der Waals surface area contributed by atoms with Gasteiger partial charge < -0.3 is 14.8 Å². The molecule has 23 heavy (non-hydrogen) atoms. The Bertz CT molecular complexity index is 634. The minimum atomic E-state index is -3.55. The largest absolute Gasteiger partial charge is 0.468 e. The smallest absolute Gasteiger partial charge is 0.325 e. The van der Waals surface area contributed by atoms with Crippen LogP contribution in [0.2, 0.25) is 0 Å². The van der Waals surface area contributed by atoms with Crippen LogP contribution in [0.5, 0.6) is 0 Å². The molecule has 0 aromatic heterocycles. The van der Waals surface area contributed by atoms with E-state index in [9.17, 15) is 13.2 Å². The number of methoxy groups -OCH3 is 1. The van der Waals surface area contributed by atoms with Crippen molar-refractivity contribution in [1.82, 2.24) is 4.31 Å². The van der Waals surface area contributed by atoms with Crippen LogP contribution in [-0.4, -0.2) is 57.6 Å². The maximum Gasteiger partial charge on any atom is 0.325 e. The zero-order valence-corrected chi connectivity index (χ0v) is 14.3. The van der Waals surface area contributed by atoms with Crippen LogP contribution in [-0.2, 0) is 24.3 Å². The lowest BCUT2D eigenvalue weighted by atomic mass is 10.3. The number of hydrogen-bond acceptors (Lipinski definition) is 6. The molecule has 2 unspecified atom stereocenters. The van der Waals surface area contributed by atoms with Gasteiger partial charge in [0, 0.05) is 18.8 Å². The first-order valence-electron chi connectivity index (χ1n) is 7.39. The molecule has 0 bridgehead atoms. The van der Waals surface area contributed by atoms with Gasteiger partial charge in [-0.3, -0.25) is 4.79 Å². The molecule has 2 rings (SSSR count). The minimum Gasteiger partial charge on any atom is -0.468 e. The van der Waals surface area contributed by atoms with Crippen LogP contribution in [0.4, 0.5) is 5.69 Å². The molecule has 0 saturated carbocycles. The van der Waals surface area contributed by atoms with E-state index in [1.165, 1.54) is 23.5 Å². The van der Waals surface area contributed by atoms with Crippen LogP contribution >= 0.6 is 0 Å². The summed E-state index contributed by atoms with van der Waals surface area (Å²) in [6.07, 6.45) is -0.260. The molecule has 0 spiro atoms. The first-order chi connectivity index (χ1) is 10.8. The maximum atomic E-state index is 12.7. The lowest BCUT2D eigenvalue weighted by Crippen LogP contribution is -2.48. The fraction of sp³-hybridized carbons (Fsp3) is 0.533. The summed E-state index contributed by atoms with van der Waals surface area (Å²) in [5, 5.41) is 2.86. The second kappa shape index (κ2) is 7.29. The summed E-state index contributed by atoms with van der Waals surface area (Å²) in [6.45, 7) is 4.43. The van der Waals surface area contributed by atoms with Gasteiger partial charge in [-0.25, -0.2) is 8.42 Å². The molecular formula is C15H22N2O5S. The molecule has 128 valence electrons. The topological polar surface area (TPSA) is 84.9 Å². The van der Waals surface area contributed by atoms with E-state index in [0.29, 0.717) is 18.8 Å². The van der Waals surface area contributed by atoms with Crippen LogP contribution < -0.4 is 5.32 Å². The van der Waals surface area contributed by atoms with Crippen molar-refractivity contribution in [1.29, 1.82) is 0 Å². The average molecular weight is 342 g/mol. The molecule has 1 fully saturated rings. The van der Waals surface area contributed by atoms with Crippen LogP contribution in [0.15, 0.2) is 29.2 Å². The highest BCUT2D eigenvalue weighted by Gasteiger charge is 2.32. The molecule has 0 amide bonds. The molecule has 1 aliphatic rings. The molecule has 0 radical (unpaired) electrons. The number of rotatable bonds is 5. The first kappa shape index (κ1) is 17.7. The molecule has 1 heterocycles. The van der Waals surface area contributed by atoms with Gasteiger partial charge in [0.2, 0.25) is 10.0 Å². The second-order valence-corrected chi connectivity index (χ2v) is 7.47. The van der Waals surface area contributed by atoms with Gasteiger partial charge in [-0.05, 0) is 38.1 Å². The second-order valence-electron chi connectivity index (χ2n) is 5.53. The van der Waals surface area contributed by atoms with Gasteiger partial charge in [0.15, 0.2) is 0 Å². The highest BCUT2D eigenvalue weighted by Crippen LogP contribution is 2.22. The minimum absolute atomic E-state index is 0.0289. The summed E-state index contributed by atoms with van der Waals surface area (Å²) in [5.41, 5.74) is 0.651. The molecule has 1 aliphatic heterocycles. The van der Waals surface area contributed by atoms with Gasteiger partial charge in [0.05, 0.1) is 24.2 Å². The van der Waals surface area contributed by atoms with Gasteiger partial charge in [0.25, 0.3) is 0 Å². The summed E-state index contributed by atoms with van der Waals surface area (Å²) < 4.78 is 36.9. The van der Waals surface area contributed by atoms with E-state index in [1.54, 1.807) is 12.1 Å². The number of nitrogens with one attached hydrogen (secondary N) is 1. The fourth-order valence-electron chi connectivity index (χ4n) is 2.47. The monoisotopic (exact) mass is 342 g/mol. The third kappa shape index (κ3) is 4.43. The lowest BCUT2D eigenvalue weighted by molar-refractivity contribution is -0.138. The van der Waals surface area contributed by atoms with Crippen LogP contribution in [0.3, 0.4) is 0 Å². The van der Waals surface area contributed by atoms with E-state index in [1.807, 2.05) is 13.8 Å². The Balaban J connectivity index is 2.09. The van der Waals surface area contributed by atoms with E-state index in [0.717, 1.165) is 0 Å². The third-order valence-electron chi connectivity index (χ3n) is 3.54. The number of benzene rings is 1. The zero-order valence-electron chi connectivity index (χ0n) is 13.5. The summed E-state index contributed by atoms with van der Waals surface area (Å²) in [5.74, 6) is -0.391. The number of esters is 1. The van der Waals surface area contributed by atoms with E-state index < -0.39 is 16.0 Å². The van der Waals surface area contributed by atoms with Crippen molar-refractivity contribution in [3.8, 4) is 0 Å². The van der Waals surface area contributed by atoms with Crippen molar-refractivity contribution in [3.05, 3.63) is 24.3 Å². The number of morpholine rings is 1. The molecule has 1 saturated heterocycles. The Morgan fingerprint density at radius 2 is 1.83 bits per heavy atom. The van der Waals surface area contributed by atoms with Gasteiger partial charge in [0.1, 0.15) is 6.54 Å². The predicted molar refractivity (Wildman–Crippen MR) is 85.7 cm³/mol. The van der Waals surface area contributed by atoms with Crippen LogP contribution in [0, 0.1) is 0 Å². The average Bonchev–Trinajstić information content (AvgIpc) is 2.52. The van der Waals surface area contributed by atoms with Gasteiger partial charge in [-0.15, -0.1) is 0 Å². The van der Waals surface area contributed by atoms with E-state index >= 15 is 0 Å². The SMILES string of the molecule is COC(=O)CNc1ccc(S(=O)(=O)N2CC(C)OC(C)C2)cc1. The number of carbonyl (C=O) groups is 1. The third-order valence-corrected chi connectivity index (χ3v) is 5.39. The predicted octanol–water partition coefficient (Wildman–Crippen LogP) is 1.07. The van der Waals surface area contributed by atoms with Crippen molar-refractivity contribution in [2.24, 2.45) is 0 Å². The standard InChI is InChI=1S/C15H22N2O5S/c1-11-9-17(10-12(2)22-11)23(19,20)14-6-4-13(5-7-14)16-8-15(18)21-3/h4-7,11-12,16H,8-10H2,1-3H3. The Morgan fingerprint density at radius 3 is 2.35 bits per heavy atom. The number of hydrogen-bond donors (Lipinski definition) is 1. The Kier molecular flexibility index (Phi) is 5.61. The number of nitrogens with zero attached hydrogens (tertiary/aromatic N) is 1. The Hall–Kier alpha value is -1.64. The fourth-order valence-corrected chi connectivity index (χ4v) is 4.06. The number of anilines is 1. The quantitative estimate of drug-likeness (QED) is 0.806. The highest BCUT2D eigenvalue weighted by atomic mass is 32.2. The van der Waals surface area contributed by atoms with Crippen molar-refractivity contribution in [3.63, 3.8) is 0 Å². The van der Waals surface area contributed by atoms with Crippen LogP contribution in [0.25, 0.3) is 0 Å². The van der Waals surface area contributed by atoms with Crippen molar-refractivity contribution < 1.29 is 22.7 Å². The van der Waals surface area contributed by atoms with Crippen molar-refractivity contribution in [2.75, 3.05) is 32.1 Å². The van der Waals surface area contributed by atoms with Crippen molar-refractivity contribution in [2.45, 2.75) is 31.0 Å². The molecule has 7 nitrogen and oxygen atoms in total. The molecule has 8 heteroatoms. The number of ether oxygens (including phenoxy) is 2. The first-order valence-corrected chi connectivity index (χ1v) is 8.83. The summed E-state index contributed by atoms with van der Waals surface area (Å²) in [4.78, 5) is 11.3. The maximum absolute atomic E-state index is 12.7. The molecule has 1 aromatic carbocycles. The molecule has 0 aliphatic carbocycles. The van der Waals surface area contributed by atoms with Gasteiger partial charge >= 0.3 is 5.97 Å². The molecule has 1 N–H and O–H groups in total. The van der Waals surface area contributed by atoms with E-state index in [2.05, 4.69) is 10.1 Å². The van der Waals surface area contributed by atoms with Crippen LogP contribution in [0.1, 0.15) is 13.8 Å². The number of sulfonamides is 1. The Morgan fingerprint density at radius 1 is 1.26 bits per heavy atom. The zero-order chi connectivity index (χ0) is 17.0. The molecule has 2 atom stereocenters. The Labute approximate surface area is 136 Å². The normalized spacial score (nSPS) is 22.6. The lowest BCUT2D eigenvalue weighted by Gasteiger charge is -2.34. The van der Waals surface area contributed by atoms with Gasteiger partial charge in [-0.2, -0.15) is 4.31 Å². The van der Waals surface area contributed by atoms with Crippen molar-refractivity contribution >= 4 is 21.7 Å². The van der Waals surface area contributed by atoms with E-state index in [-0.39, 0.29) is 23.6 Å². The summed E-state index contributed by atoms with van der Waals surface area (Å²) in [7, 11) is -2.24. The number of carbonyl (C=O) groups excluding carboxylic acids is 1. The highest BCUT2D eigenvalue weighted by molar-refractivity contribution is 7.89. The molecular weight excluding hydrogens is 320 g/mol. The summed E-state index contributed by atoms with van der Waals surface area (Å²) >= 11 is 0. The van der Waals surface area contributed by atoms with E-state index in [4.69, 9.17) is 4.74 Å². The summed E-state index contributed by atoms with van der Waals surface area (Å²) in [6, 6.07) is 6.31. The van der Waals surface area contributed by atoms with Gasteiger partial charge in [-0.1, -0.05) is 0 Å². The molecule has 1 aromatic rings.